The molecule has 3 amide bonds. The van der Waals surface area contributed by atoms with Gasteiger partial charge in [-0.05, 0) is 19.4 Å². The molecule has 5 heteroatoms. The topological polar surface area (TPSA) is 84.2 Å². The van der Waals surface area contributed by atoms with E-state index >= 15 is 0 Å². The summed E-state index contributed by atoms with van der Waals surface area (Å²) in [7, 11) is 0. The van der Waals surface area contributed by atoms with Crippen molar-refractivity contribution in [3.63, 3.8) is 0 Å². The van der Waals surface area contributed by atoms with Gasteiger partial charge in [0.05, 0.1) is 0 Å². The average molecular weight is 235 g/mol. The van der Waals surface area contributed by atoms with Crippen molar-refractivity contribution in [3.8, 4) is 0 Å². The number of carbonyl (C=O) groups excluding carboxylic acids is 2. The Kier molecular flexibility index (Phi) is 4.51. The summed E-state index contributed by atoms with van der Waals surface area (Å²) in [5, 5.41) is 5.17. The molecule has 17 heavy (non-hydrogen) atoms. The lowest BCUT2D eigenvalue weighted by Crippen LogP contribution is -2.44. The van der Waals surface area contributed by atoms with Crippen molar-refractivity contribution in [2.24, 2.45) is 5.73 Å². The van der Waals surface area contributed by atoms with Crippen LogP contribution in [0.3, 0.4) is 0 Å². The van der Waals surface area contributed by atoms with Gasteiger partial charge in [0, 0.05) is 6.04 Å². The van der Waals surface area contributed by atoms with Crippen LogP contribution in [0.1, 0.15) is 25.5 Å². The Morgan fingerprint density at radius 2 is 1.71 bits per heavy atom. The van der Waals surface area contributed by atoms with Crippen molar-refractivity contribution >= 4 is 11.9 Å². The van der Waals surface area contributed by atoms with Crippen LogP contribution in [0, 0.1) is 0 Å². The first kappa shape index (κ1) is 13.0. The molecule has 1 unspecified atom stereocenters. The molecule has 0 aliphatic heterocycles. The summed E-state index contributed by atoms with van der Waals surface area (Å²) in [5.74, 6) is -0.273. The molecule has 0 spiro atoms. The number of amides is 3. The number of urea groups is 1. The smallest absolute Gasteiger partial charge is 0.313 e. The first-order valence-electron chi connectivity index (χ1n) is 5.42. The average Bonchev–Trinajstić information content (AvgIpc) is 2.25. The maximum Gasteiger partial charge on any atom is 0.313 e. The van der Waals surface area contributed by atoms with Gasteiger partial charge in [0.25, 0.3) is 0 Å². The summed E-state index contributed by atoms with van der Waals surface area (Å²) in [5.41, 5.74) is 5.77. The van der Waals surface area contributed by atoms with Crippen LogP contribution in [0.25, 0.3) is 0 Å². The summed E-state index contributed by atoms with van der Waals surface area (Å²) in [6.45, 7) is 3.70. The predicted octanol–water partition coefficient (Wildman–Crippen LogP) is 0.921. The highest BCUT2D eigenvalue weighted by molar-refractivity contribution is 5.87. The van der Waals surface area contributed by atoms with Crippen LogP contribution in [0.15, 0.2) is 30.3 Å². The number of benzene rings is 1. The second-order valence-electron chi connectivity index (χ2n) is 4.02. The van der Waals surface area contributed by atoms with Gasteiger partial charge in [-0.2, -0.15) is 0 Å². The number of rotatable bonds is 4. The lowest BCUT2D eigenvalue weighted by atomic mass is 10.1. The van der Waals surface area contributed by atoms with Crippen molar-refractivity contribution in [2.45, 2.75) is 25.9 Å². The molecule has 4 N–H and O–H groups in total. The maximum absolute atomic E-state index is 11.9. The number of primary amides is 1. The zero-order chi connectivity index (χ0) is 12.8. The zero-order valence-corrected chi connectivity index (χ0v) is 9.94. The molecule has 0 saturated heterocycles. The van der Waals surface area contributed by atoms with E-state index in [9.17, 15) is 9.59 Å². The largest absolute Gasteiger partial charge is 0.352 e. The van der Waals surface area contributed by atoms with Gasteiger partial charge in [-0.1, -0.05) is 30.3 Å². The monoisotopic (exact) mass is 235 g/mol. The fourth-order valence-corrected chi connectivity index (χ4v) is 1.46. The van der Waals surface area contributed by atoms with Gasteiger partial charge < -0.3 is 16.4 Å². The fourth-order valence-electron chi connectivity index (χ4n) is 1.46. The van der Waals surface area contributed by atoms with Gasteiger partial charge in [-0.25, -0.2) is 4.79 Å². The Morgan fingerprint density at radius 1 is 1.12 bits per heavy atom. The molecule has 0 radical (unpaired) electrons. The minimum absolute atomic E-state index is 0.00314. The zero-order valence-electron chi connectivity index (χ0n) is 9.94. The molecule has 1 rings (SSSR count). The Bertz CT molecular complexity index is 390. The van der Waals surface area contributed by atoms with Gasteiger partial charge in [0.2, 0.25) is 5.91 Å². The number of nitrogens with two attached hydrogens (primary N) is 1. The third kappa shape index (κ3) is 4.14. The van der Waals surface area contributed by atoms with Gasteiger partial charge in [0.1, 0.15) is 6.04 Å². The normalized spacial score (nSPS) is 11.9. The highest BCUT2D eigenvalue weighted by Crippen LogP contribution is 2.12. The van der Waals surface area contributed by atoms with Crippen LogP contribution < -0.4 is 16.4 Å². The number of nitrogens with one attached hydrogen (secondary N) is 2. The molecule has 0 saturated carbocycles. The van der Waals surface area contributed by atoms with Gasteiger partial charge in [-0.3, -0.25) is 4.79 Å². The molecular formula is C12H17N3O2. The molecule has 0 aliphatic rings. The quantitative estimate of drug-likeness (QED) is 0.725. The first-order chi connectivity index (χ1) is 8.00. The second kappa shape index (κ2) is 5.89. The molecule has 1 aromatic carbocycles. The summed E-state index contributed by atoms with van der Waals surface area (Å²) >= 11 is 0. The SMILES string of the molecule is CC(C)NC(=O)C(NC(N)=O)c1ccccc1. The van der Waals surface area contributed by atoms with E-state index in [1.165, 1.54) is 0 Å². The second-order valence-corrected chi connectivity index (χ2v) is 4.02. The van der Waals surface area contributed by atoms with Crippen molar-refractivity contribution in [1.29, 1.82) is 0 Å². The van der Waals surface area contributed by atoms with E-state index in [0.29, 0.717) is 5.56 Å². The van der Waals surface area contributed by atoms with Crippen molar-refractivity contribution in [2.75, 3.05) is 0 Å². The molecule has 0 fully saturated rings. The molecular weight excluding hydrogens is 218 g/mol. The molecule has 5 nitrogen and oxygen atoms in total. The molecule has 92 valence electrons. The molecule has 0 aromatic heterocycles. The number of carbonyl (C=O) groups is 2. The van der Waals surface area contributed by atoms with Crippen molar-refractivity contribution in [3.05, 3.63) is 35.9 Å². The molecule has 0 bridgehead atoms. The van der Waals surface area contributed by atoms with Crippen LogP contribution >= 0.6 is 0 Å². The number of hydrogen-bond donors (Lipinski definition) is 3. The summed E-state index contributed by atoms with van der Waals surface area (Å²) in [4.78, 5) is 22.8. The van der Waals surface area contributed by atoms with Crippen LogP contribution in [-0.4, -0.2) is 18.0 Å². The Labute approximate surface area is 100 Å². The van der Waals surface area contributed by atoms with Crippen LogP contribution in [0.5, 0.6) is 0 Å². The van der Waals surface area contributed by atoms with E-state index in [-0.39, 0.29) is 11.9 Å². The van der Waals surface area contributed by atoms with Crippen molar-refractivity contribution < 1.29 is 9.59 Å². The Balaban J connectivity index is 2.88. The van der Waals surface area contributed by atoms with Crippen molar-refractivity contribution in [1.82, 2.24) is 10.6 Å². The van der Waals surface area contributed by atoms with Crippen LogP contribution in [0.2, 0.25) is 0 Å². The van der Waals surface area contributed by atoms with Crippen LogP contribution in [-0.2, 0) is 4.79 Å². The lowest BCUT2D eigenvalue weighted by Gasteiger charge is -2.19. The first-order valence-corrected chi connectivity index (χ1v) is 5.42. The standard InChI is InChI=1S/C12H17N3O2/c1-8(2)14-11(16)10(15-12(13)17)9-6-4-3-5-7-9/h3-8,10H,1-2H3,(H,14,16)(H3,13,15,17). The molecule has 1 atom stereocenters. The molecule has 1 aromatic rings. The van der Waals surface area contributed by atoms with E-state index < -0.39 is 12.1 Å². The van der Waals surface area contributed by atoms with Gasteiger partial charge in [0.15, 0.2) is 0 Å². The molecule has 0 aliphatic carbocycles. The summed E-state index contributed by atoms with van der Waals surface area (Å²) < 4.78 is 0. The number of hydrogen-bond acceptors (Lipinski definition) is 2. The van der Waals surface area contributed by atoms with E-state index in [2.05, 4.69) is 10.6 Å². The molecule has 0 heterocycles. The highest BCUT2D eigenvalue weighted by atomic mass is 16.2. The van der Waals surface area contributed by atoms with E-state index in [1.807, 2.05) is 19.9 Å². The minimum atomic E-state index is -0.754. The minimum Gasteiger partial charge on any atom is -0.352 e. The predicted molar refractivity (Wildman–Crippen MR) is 65.2 cm³/mol. The lowest BCUT2D eigenvalue weighted by molar-refractivity contribution is -0.123. The summed E-state index contributed by atoms with van der Waals surface area (Å²) in [6, 6.07) is 7.49. The van der Waals surface area contributed by atoms with Gasteiger partial charge in [-0.15, -0.1) is 0 Å². The van der Waals surface area contributed by atoms with Gasteiger partial charge >= 0.3 is 6.03 Å². The summed E-state index contributed by atoms with van der Waals surface area (Å²) in [6.07, 6.45) is 0. The Hall–Kier alpha value is -2.04. The maximum atomic E-state index is 11.9. The van der Waals surface area contributed by atoms with E-state index in [4.69, 9.17) is 5.73 Å². The third-order valence-corrected chi connectivity index (χ3v) is 2.11. The Morgan fingerprint density at radius 3 is 2.18 bits per heavy atom. The van der Waals surface area contributed by atoms with Crippen LogP contribution in [0.4, 0.5) is 4.79 Å². The van der Waals surface area contributed by atoms with E-state index in [0.717, 1.165) is 0 Å². The van der Waals surface area contributed by atoms with E-state index in [1.54, 1.807) is 24.3 Å². The fraction of sp³-hybridized carbons (Fsp3) is 0.333. The highest BCUT2D eigenvalue weighted by Gasteiger charge is 2.21. The third-order valence-electron chi connectivity index (χ3n) is 2.11.